The highest BCUT2D eigenvalue weighted by Crippen LogP contribution is 2.16. The molecule has 2 heteroatoms. The van der Waals surface area contributed by atoms with Crippen LogP contribution in [-0.4, -0.2) is 12.1 Å². The summed E-state index contributed by atoms with van der Waals surface area (Å²) in [6.07, 6.45) is 6.78. The Labute approximate surface area is 105 Å². The summed E-state index contributed by atoms with van der Waals surface area (Å²) in [7, 11) is 0. The van der Waals surface area contributed by atoms with Gasteiger partial charge in [0.1, 0.15) is 6.10 Å². The molecule has 96 valence electrons. The molecule has 2 nitrogen and oxygen atoms in total. The SMILES string of the molecule is C=C=CC(C[C@@H](C)CCC=C(C)C)OC(C)=O. The van der Waals surface area contributed by atoms with E-state index in [-0.39, 0.29) is 12.1 Å². The lowest BCUT2D eigenvalue weighted by Crippen LogP contribution is -2.16. The number of allylic oxidation sites excluding steroid dienone is 2. The van der Waals surface area contributed by atoms with Crippen molar-refractivity contribution in [3.63, 3.8) is 0 Å². The number of ether oxygens (including phenoxy) is 1. The first-order valence-electron chi connectivity index (χ1n) is 6.12. The number of esters is 1. The van der Waals surface area contributed by atoms with Crippen LogP contribution in [0.1, 0.15) is 47.0 Å². The summed E-state index contributed by atoms with van der Waals surface area (Å²) in [5.41, 5.74) is 4.04. The zero-order chi connectivity index (χ0) is 13.3. The molecule has 0 spiro atoms. The second-order valence-corrected chi connectivity index (χ2v) is 4.72. The van der Waals surface area contributed by atoms with Crippen LogP contribution >= 0.6 is 0 Å². The van der Waals surface area contributed by atoms with Gasteiger partial charge < -0.3 is 4.74 Å². The van der Waals surface area contributed by atoms with Crippen molar-refractivity contribution in [3.05, 3.63) is 30.0 Å². The van der Waals surface area contributed by atoms with E-state index >= 15 is 0 Å². The van der Waals surface area contributed by atoms with Gasteiger partial charge in [0.05, 0.1) is 0 Å². The minimum absolute atomic E-state index is 0.188. The molecule has 17 heavy (non-hydrogen) atoms. The highest BCUT2D eigenvalue weighted by atomic mass is 16.5. The van der Waals surface area contributed by atoms with Crippen molar-refractivity contribution in [1.82, 2.24) is 0 Å². The van der Waals surface area contributed by atoms with Gasteiger partial charge in [-0.15, -0.1) is 5.73 Å². The Morgan fingerprint density at radius 1 is 1.41 bits per heavy atom. The third-order valence-corrected chi connectivity index (χ3v) is 2.47. The predicted molar refractivity (Wildman–Crippen MR) is 71.7 cm³/mol. The molecular weight excluding hydrogens is 212 g/mol. The fourth-order valence-corrected chi connectivity index (χ4v) is 1.67. The van der Waals surface area contributed by atoms with Crippen molar-refractivity contribution < 1.29 is 9.53 Å². The highest BCUT2D eigenvalue weighted by Gasteiger charge is 2.12. The van der Waals surface area contributed by atoms with Crippen LogP contribution in [-0.2, 0) is 9.53 Å². The summed E-state index contributed by atoms with van der Waals surface area (Å²) in [4.78, 5) is 10.9. The highest BCUT2D eigenvalue weighted by molar-refractivity contribution is 5.66. The molecule has 2 atom stereocenters. The average molecular weight is 236 g/mol. The van der Waals surface area contributed by atoms with E-state index in [1.165, 1.54) is 12.5 Å². The molecule has 0 saturated carbocycles. The van der Waals surface area contributed by atoms with Crippen molar-refractivity contribution in [2.45, 2.75) is 53.1 Å². The Kier molecular flexibility index (Phi) is 8.17. The summed E-state index contributed by atoms with van der Waals surface area (Å²) >= 11 is 0. The molecule has 0 N–H and O–H groups in total. The second kappa shape index (κ2) is 8.83. The molecule has 1 unspecified atom stereocenters. The average Bonchev–Trinajstić information content (AvgIpc) is 2.15. The lowest BCUT2D eigenvalue weighted by molar-refractivity contribution is -0.144. The van der Waals surface area contributed by atoms with E-state index in [9.17, 15) is 4.79 Å². The maximum atomic E-state index is 10.9. The largest absolute Gasteiger partial charge is 0.458 e. The van der Waals surface area contributed by atoms with Crippen molar-refractivity contribution in [2.75, 3.05) is 0 Å². The first-order chi connectivity index (χ1) is 7.95. The van der Waals surface area contributed by atoms with Gasteiger partial charge in [-0.3, -0.25) is 4.79 Å². The third-order valence-electron chi connectivity index (χ3n) is 2.47. The van der Waals surface area contributed by atoms with Crippen LogP contribution in [0.5, 0.6) is 0 Å². The molecule has 0 heterocycles. The van der Waals surface area contributed by atoms with Crippen LogP contribution in [0.3, 0.4) is 0 Å². The van der Waals surface area contributed by atoms with Crippen LogP contribution in [0, 0.1) is 5.92 Å². The number of carbonyl (C=O) groups is 1. The molecule has 0 radical (unpaired) electrons. The molecule has 0 aromatic carbocycles. The molecule has 0 bridgehead atoms. The first-order valence-corrected chi connectivity index (χ1v) is 6.12. The number of hydrogen-bond acceptors (Lipinski definition) is 2. The van der Waals surface area contributed by atoms with E-state index in [4.69, 9.17) is 4.74 Å². The fraction of sp³-hybridized carbons (Fsp3) is 0.600. The van der Waals surface area contributed by atoms with E-state index in [2.05, 4.69) is 39.2 Å². The minimum Gasteiger partial charge on any atom is -0.458 e. The summed E-state index contributed by atoms with van der Waals surface area (Å²) in [5.74, 6) is 0.262. The summed E-state index contributed by atoms with van der Waals surface area (Å²) in [6.45, 7) is 11.3. The van der Waals surface area contributed by atoms with Gasteiger partial charge in [0, 0.05) is 6.92 Å². The van der Waals surface area contributed by atoms with E-state index in [1.54, 1.807) is 6.08 Å². The Hall–Kier alpha value is -1.27. The van der Waals surface area contributed by atoms with Gasteiger partial charge in [-0.25, -0.2) is 0 Å². The molecule has 0 rings (SSSR count). The van der Waals surface area contributed by atoms with Gasteiger partial charge in [-0.1, -0.05) is 25.2 Å². The van der Waals surface area contributed by atoms with Gasteiger partial charge >= 0.3 is 5.97 Å². The zero-order valence-corrected chi connectivity index (χ0v) is 11.5. The Morgan fingerprint density at radius 2 is 2.06 bits per heavy atom. The second-order valence-electron chi connectivity index (χ2n) is 4.72. The van der Waals surface area contributed by atoms with Crippen molar-refractivity contribution >= 4 is 5.97 Å². The summed E-state index contributed by atoms with van der Waals surface area (Å²) < 4.78 is 5.18. The fourth-order valence-electron chi connectivity index (χ4n) is 1.67. The molecule has 0 amide bonds. The summed E-state index contributed by atoms with van der Waals surface area (Å²) in [6, 6.07) is 0. The Morgan fingerprint density at radius 3 is 2.53 bits per heavy atom. The Balaban J connectivity index is 4.11. The molecule has 0 aromatic rings. The zero-order valence-electron chi connectivity index (χ0n) is 11.5. The minimum atomic E-state index is -0.252. The van der Waals surface area contributed by atoms with Crippen molar-refractivity contribution in [2.24, 2.45) is 5.92 Å². The van der Waals surface area contributed by atoms with E-state index < -0.39 is 0 Å². The van der Waals surface area contributed by atoms with Gasteiger partial charge in [0.25, 0.3) is 0 Å². The van der Waals surface area contributed by atoms with Crippen LogP contribution in [0.25, 0.3) is 0 Å². The summed E-state index contributed by atoms with van der Waals surface area (Å²) in [5, 5.41) is 0. The van der Waals surface area contributed by atoms with Crippen LogP contribution < -0.4 is 0 Å². The first kappa shape index (κ1) is 15.7. The maximum Gasteiger partial charge on any atom is 0.303 e. The third kappa shape index (κ3) is 9.65. The number of hydrogen-bond donors (Lipinski definition) is 0. The molecular formula is C15H24O2. The molecule has 0 aliphatic heterocycles. The monoisotopic (exact) mass is 236 g/mol. The van der Waals surface area contributed by atoms with Gasteiger partial charge in [-0.05, 0) is 45.1 Å². The molecule has 0 fully saturated rings. The quantitative estimate of drug-likeness (QED) is 0.379. The topological polar surface area (TPSA) is 26.3 Å². The van der Waals surface area contributed by atoms with Gasteiger partial charge in [0.15, 0.2) is 0 Å². The molecule has 0 aliphatic rings. The van der Waals surface area contributed by atoms with E-state index in [0.29, 0.717) is 5.92 Å². The normalized spacial score (nSPS) is 13.2. The van der Waals surface area contributed by atoms with Crippen molar-refractivity contribution in [3.8, 4) is 0 Å². The smallest absolute Gasteiger partial charge is 0.303 e. The van der Waals surface area contributed by atoms with Crippen LogP contribution in [0.4, 0.5) is 0 Å². The van der Waals surface area contributed by atoms with Crippen LogP contribution in [0.2, 0.25) is 0 Å². The molecule has 0 aliphatic carbocycles. The van der Waals surface area contributed by atoms with Crippen LogP contribution in [0.15, 0.2) is 30.0 Å². The lowest BCUT2D eigenvalue weighted by Gasteiger charge is -2.17. The maximum absolute atomic E-state index is 10.9. The van der Waals surface area contributed by atoms with E-state index in [1.807, 2.05) is 0 Å². The molecule has 0 aromatic heterocycles. The lowest BCUT2D eigenvalue weighted by atomic mass is 9.97. The van der Waals surface area contributed by atoms with E-state index in [0.717, 1.165) is 19.3 Å². The van der Waals surface area contributed by atoms with Crippen molar-refractivity contribution in [1.29, 1.82) is 0 Å². The molecule has 0 saturated heterocycles. The Bertz CT molecular complexity index is 305. The number of carbonyl (C=O) groups excluding carboxylic acids is 1. The van der Waals surface area contributed by atoms with Gasteiger partial charge in [-0.2, -0.15) is 0 Å². The standard InChI is InChI=1S/C15H24O2/c1-6-8-15(17-14(5)16)11-13(4)10-7-9-12(2)3/h8-9,13,15H,1,7,10-11H2,2-5H3/t13-,15?/m0/s1. The number of rotatable bonds is 7. The van der Waals surface area contributed by atoms with Gasteiger partial charge in [0.2, 0.25) is 0 Å². The predicted octanol–water partition coefficient (Wildman–Crippen LogP) is 4.03.